The summed E-state index contributed by atoms with van der Waals surface area (Å²) in [4.78, 5) is 15.2. The molecule has 5 rings (SSSR count). The number of likely N-dealkylation sites (tertiary alicyclic amines) is 1. The molecule has 3 N–H and O–H groups in total. The van der Waals surface area contributed by atoms with Crippen molar-refractivity contribution in [3.63, 3.8) is 0 Å². The first-order chi connectivity index (χ1) is 19.4. The molecule has 4 fully saturated rings. The number of nitrogens with zero attached hydrogens (tertiary/aromatic N) is 1. The third-order valence-corrected chi connectivity index (χ3v) is 10.9. The van der Waals surface area contributed by atoms with Crippen molar-refractivity contribution < 1.29 is 24.9 Å². The Balaban J connectivity index is 1.30. The summed E-state index contributed by atoms with van der Waals surface area (Å²) in [6.07, 6.45) is 11.3. The molecule has 0 bridgehead atoms. The average Bonchev–Trinajstić information content (AvgIpc) is 3.39. The highest BCUT2D eigenvalue weighted by molar-refractivity contribution is 5.87. The molecule has 3 aliphatic carbocycles. The molecule has 41 heavy (non-hydrogen) atoms. The van der Waals surface area contributed by atoms with E-state index in [0.29, 0.717) is 43.6 Å². The summed E-state index contributed by atoms with van der Waals surface area (Å²) in [7, 11) is 1.65. The molecule has 6 nitrogen and oxygen atoms in total. The quantitative estimate of drug-likeness (QED) is 0.395. The van der Waals surface area contributed by atoms with Gasteiger partial charge in [-0.15, -0.1) is 0 Å². The van der Waals surface area contributed by atoms with E-state index < -0.39 is 17.8 Å². The van der Waals surface area contributed by atoms with Crippen LogP contribution in [-0.2, 0) is 11.3 Å². The largest absolute Gasteiger partial charge is 0.497 e. The predicted octanol–water partition coefficient (Wildman–Crippen LogP) is 5.71. The van der Waals surface area contributed by atoms with Crippen LogP contribution in [0.4, 0.5) is 0 Å². The maximum atomic E-state index is 13.3. The highest BCUT2D eigenvalue weighted by atomic mass is 16.5. The van der Waals surface area contributed by atoms with E-state index in [9.17, 15) is 20.1 Å². The smallest absolute Gasteiger partial charge is 0.254 e. The Hall–Kier alpha value is -2.41. The van der Waals surface area contributed by atoms with Gasteiger partial charge in [-0.1, -0.05) is 50.3 Å². The number of benzene rings is 1. The van der Waals surface area contributed by atoms with Gasteiger partial charge >= 0.3 is 0 Å². The van der Waals surface area contributed by atoms with Gasteiger partial charge in [-0.05, 0) is 104 Å². The molecule has 1 saturated heterocycles. The highest BCUT2D eigenvalue weighted by Crippen LogP contribution is 2.60. The second-order valence-corrected chi connectivity index (χ2v) is 13.8. The van der Waals surface area contributed by atoms with Gasteiger partial charge in [-0.2, -0.15) is 0 Å². The van der Waals surface area contributed by atoms with Gasteiger partial charge in [-0.25, -0.2) is 0 Å². The number of aliphatic hydroxyl groups excluding tert-OH is 2. The van der Waals surface area contributed by atoms with Crippen molar-refractivity contribution in [1.29, 1.82) is 0 Å². The fraction of sp³-hybridized carbons (Fsp3) is 0.629. The number of hydrogen-bond acceptors (Lipinski definition) is 5. The van der Waals surface area contributed by atoms with E-state index in [1.807, 2.05) is 29.2 Å². The van der Waals surface area contributed by atoms with Crippen LogP contribution in [0.2, 0.25) is 0 Å². The summed E-state index contributed by atoms with van der Waals surface area (Å²) in [6, 6.07) is 7.85. The fourth-order valence-electron chi connectivity index (χ4n) is 8.74. The Morgan fingerprint density at radius 1 is 1.17 bits per heavy atom. The predicted molar refractivity (Wildman–Crippen MR) is 161 cm³/mol. The maximum absolute atomic E-state index is 13.3. The second-order valence-electron chi connectivity index (χ2n) is 13.8. The number of allylic oxidation sites excluding steroid dienone is 3. The van der Waals surface area contributed by atoms with Crippen LogP contribution >= 0.6 is 0 Å². The Kier molecular flexibility index (Phi) is 8.58. The molecule has 3 saturated carbocycles. The minimum Gasteiger partial charge on any atom is -0.497 e. The lowest BCUT2D eigenvalue weighted by molar-refractivity contribution is -0.142. The van der Waals surface area contributed by atoms with E-state index in [1.54, 1.807) is 14.0 Å². The van der Waals surface area contributed by atoms with Gasteiger partial charge in [0.05, 0.1) is 19.3 Å². The molecule has 1 aliphatic heterocycles. The molecule has 1 amide bonds. The molecule has 1 aromatic rings. The summed E-state index contributed by atoms with van der Waals surface area (Å²) in [5, 5.41) is 31.4. The molecule has 1 aromatic carbocycles. The van der Waals surface area contributed by atoms with Crippen molar-refractivity contribution in [1.82, 2.24) is 4.90 Å². The van der Waals surface area contributed by atoms with Crippen LogP contribution in [0.25, 0.3) is 0 Å². The summed E-state index contributed by atoms with van der Waals surface area (Å²) in [6.45, 7) is 11.1. The van der Waals surface area contributed by atoms with E-state index in [-0.39, 0.29) is 17.4 Å². The molecule has 0 radical (unpaired) electrons. The van der Waals surface area contributed by atoms with E-state index in [1.165, 1.54) is 24.8 Å². The zero-order chi connectivity index (χ0) is 29.5. The number of rotatable bonds is 7. The van der Waals surface area contributed by atoms with Gasteiger partial charge in [0, 0.05) is 25.4 Å². The standard InChI is InChI=1S/C35H49NO5/c1-22(17-27-20-35(4,40)33(39)36(27)21-24-8-12-29(41-5)13-9-24)30-14-15-31-25(7-6-16-34(30,31)3)10-11-26-18-28(37)19-32(38)23(26)2/h8-13,22,27-28,30-32,37-38,40H,2,6-7,14-21H2,1,3-5H3/b25-10+,26-11-/t22-,27?,28-,30-,31+,32+,34-,35?/m1/s1. The first-order valence-corrected chi connectivity index (χ1v) is 15.5. The van der Waals surface area contributed by atoms with Crippen LogP contribution in [0, 0.1) is 23.2 Å². The van der Waals surface area contributed by atoms with Gasteiger partial charge in [0.2, 0.25) is 0 Å². The topological polar surface area (TPSA) is 90.2 Å². The molecule has 0 aromatic heterocycles. The van der Waals surface area contributed by atoms with Gasteiger partial charge < -0.3 is 25.0 Å². The molecule has 0 spiro atoms. The van der Waals surface area contributed by atoms with Crippen LogP contribution in [0.15, 0.2) is 59.7 Å². The molecule has 4 aliphatic rings. The summed E-state index contributed by atoms with van der Waals surface area (Å²) < 4.78 is 5.29. The molecular formula is C35H49NO5. The highest BCUT2D eigenvalue weighted by Gasteiger charge is 2.53. The van der Waals surface area contributed by atoms with Gasteiger partial charge in [-0.3, -0.25) is 4.79 Å². The Morgan fingerprint density at radius 3 is 2.61 bits per heavy atom. The van der Waals surface area contributed by atoms with Gasteiger partial charge in [0.15, 0.2) is 0 Å². The van der Waals surface area contributed by atoms with Crippen molar-refractivity contribution in [2.45, 2.75) is 109 Å². The fourth-order valence-corrected chi connectivity index (χ4v) is 8.74. The van der Waals surface area contributed by atoms with E-state index in [0.717, 1.165) is 41.7 Å². The Bertz CT molecular complexity index is 1200. The summed E-state index contributed by atoms with van der Waals surface area (Å²) in [5.41, 5.74) is 3.12. The molecule has 2 unspecified atom stereocenters. The van der Waals surface area contributed by atoms with Crippen molar-refractivity contribution in [2.75, 3.05) is 7.11 Å². The van der Waals surface area contributed by atoms with Crippen molar-refractivity contribution in [3.05, 3.63) is 65.3 Å². The average molecular weight is 564 g/mol. The molecule has 224 valence electrons. The molecule has 6 heteroatoms. The van der Waals surface area contributed by atoms with Crippen molar-refractivity contribution in [2.24, 2.45) is 23.2 Å². The summed E-state index contributed by atoms with van der Waals surface area (Å²) >= 11 is 0. The SMILES string of the molecule is C=C1/C(=C\C=C2/CCC[C@]3(C)[C@@H]([C@H](C)CC4CC(C)(O)C(=O)N4Cc4ccc(OC)cc4)CC[C@@H]23)C[C@@H](O)C[C@@H]1O. The number of methoxy groups -OCH3 is 1. The Labute approximate surface area is 245 Å². The first kappa shape index (κ1) is 30.1. The van der Waals surface area contributed by atoms with Crippen LogP contribution in [0.5, 0.6) is 5.75 Å². The zero-order valence-corrected chi connectivity index (χ0v) is 25.3. The van der Waals surface area contributed by atoms with Crippen LogP contribution < -0.4 is 4.74 Å². The number of aliphatic hydroxyl groups is 3. The molecular weight excluding hydrogens is 514 g/mol. The minimum absolute atomic E-state index is 0.00996. The van der Waals surface area contributed by atoms with E-state index >= 15 is 0 Å². The minimum atomic E-state index is -1.32. The number of fused-ring (bicyclic) bond motifs is 1. The Morgan fingerprint density at radius 2 is 1.90 bits per heavy atom. The third-order valence-electron chi connectivity index (χ3n) is 10.9. The lowest BCUT2D eigenvalue weighted by atomic mass is 9.60. The lowest BCUT2D eigenvalue weighted by Crippen LogP contribution is -2.40. The molecule has 8 atom stereocenters. The van der Waals surface area contributed by atoms with E-state index in [4.69, 9.17) is 4.74 Å². The number of carbonyl (C=O) groups is 1. The number of hydrogen-bond donors (Lipinski definition) is 3. The number of ether oxygens (including phenoxy) is 1. The van der Waals surface area contributed by atoms with Crippen molar-refractivity contribution >= 4 is 5.91 Å². The van der Waals surface area contributed by atoms with Gasteiger partial charge in [0.25, 0.3) is 5.91 Å². The van der Waals surface area contributed by atoms with Crippen LogP contribution in [-0.4, -0.2) is 57.1 Å². The lowest BCUT2D eigenvalue weighted by Gasteiger charge is -2.45. The number of carbonyl (C=O) groups excluding carboxylic acids is 1. The van der Waals surface area contributed by atoms with Crippen molar-refractivity contribution in [3.8, 4) is 5.75 Å². The van der Waals surface area contributed by atoms with Gasteiger partial charge in [0.1, 0.15) is 11.4 Å². The zero-order valence-electron chi connectivity index (χ0n) is 25.3. The monoisotopic (exact) mass is 563 g/mol. The first-order valence-electron chi connectivity index (χ1n) is 15.5. The normalized spacial score (nSPS) is 38.5. The van der Waals surface area contributed by atoms with Crippen LogP contribution in [0.3, 0.4) is 0 Å². The second kappa shape index (κ2) is 11.7. The summed E-state index contributed by atoms with van der Waals surface area (Å²) in [5.74, 6) is 2.13. The maximum Gasteiger partial charge on any atom is 0.254 e. The number of amides is 1. The van der Waals surface area contributed by atoms with Crippen LogP contribution in [0.1, 0.15) is 84.1 Å². The third kappa shape index (κ3) is 5.93. The van der Waals surface area contributed by atoms with E-state index in [2.05, 4.69) is 32.6 Å². The molecule has 1 heterocycles.